The molecule has 6 heteroatoms. The minimum absolute atomic E-state index is 0.131. The highest BCUT2D eigenvalue weighted by Crippen LogP contribution is 2.12. The normalized spacial score (nSPS) is 11.4. The van der Waals surface area contributed by atoms with Crippen LogP contribution in [0.25, 0.3) is 0 Å². The van der Waals surface area contributed by atoms with Crippen molar-refractivity contribution in [2.24, 2.45) is 0 Å². The second-order valence-electron chi connectivity index (χ2n) is 3.36. The van der Waals surface area contributed by atoms with Gasteiger partial charge in [0.2, 0.25) is 0 Å². The smallest absolute Gasteiger partial charge is 0.251 e. The third-order valence-corrected chi connectivity index (χ3v) is 2.41. The Kier molecular flexibility index (Phi) is 5.79. The van der Waals surface area contributed by atoms with E-state index in [-0.39, 0.29) is 19.7 Å². The standard InChI is InChI=1S/C10H13BrF2N2O/c11-9-3-8(4-14-5-9)6-15(1-2-16)7-10(12)13/h3-5,10,16H,1-2,6-7H2. The van der Waals surface area contributed by atoms with Crippen molar-refractivity contribution in [1.29, 1.82) is 0 Å². The third-order valence-electron chi connectivity index (χ3n) is 1.98. The number of pyridine rings is 1. The van der Waals surface area contributed by atoms with E-state index in [1.54, 1.807) is 12.4 Å². The highest BCUT2D eigenvalue weighted by Gasteiger charge is 2.12. The summed E-state index contributed by atoms with van der Waals surface area (Å²) in [4.78, 5) is 5.45. The van der Waals surface area contributed by atoms with Gasteiger partial charge in [-0.15, -0.1) is 0 Å². The van der Waals surface area contributed by atoms with Crippen molar-refractivity contribution in [3.63, 3.8) is 0 Å². The average molecular weight is 295 g/mol. The first-order valence-electron chi connectivity index (χ1n) is 4.82. The molecule has 0 amide bonds. The van der Waals surface area contributed by atoms with E-state index in [9.17, 15) is 8.78 Å². The molecule has 0 unspecified atom stereocenters. The molecular weight excluding hydrogens is 282 g/mol. The van der Waals surface area contributed by atoms with Gasteiger partial charge in [-0.2, -0.15) is 0 Å². The minimum atomic E-state index is -2.40. The largest absolute Gasteiger partial charge is 0.395 e. The van der Waals surface area contributed by atoms with E-state index in [2.05, 4.69) is 20.9 Å². The van der Waals surface area contributed by atoms with Gasteiger partial charge in [0, 0.05) is 30.0 Å². The molecule has 0 aliphatic heterocycles. The summed E-state index contributed by atoms with van der Waals surface area (Å²) in [5, 5.41) is 8.77. The topological polar surface area (TPSA) is 36.4 Å². The fourth-order valence-corrected chi connectivity index (χ4v) is 1.78. The van der Waals surface area contributed by atoms with Crippen LogP contribution in [0, 0.1) is 0 Å². The van der Waals surface area contributed by atoms with E-state index in [0.717, 1.165) is 10.0 Å². The minimum Gasteiger partial charge on any atom is -0.395 e. The van der Waals surface area contributed by atoms with E-state index in [4.69, 9.17) is 5.11 Å². The van der Waals surface area contributed by atoms with Gasteiger partial charge in [-0.1, -0.05) is 0 Å². The second-order valence-corrected chi connectivity index (χ2v) is 4.28. The molecule has 16 heavy (non-hydrogen) atoms. The van der Waals surface area contributed by atoms with Gasteiger partial charge in [-0.05, 0) is 27.6 Å². The Morgan fingerprint density at radius 2 is 2.19 bits per heavy atom. The lowest BCUT2D eigenvalue weighted by Gasteiger charge is -2.20. The van der Waals surface area contributed by atoms with Gasteiger partial charge in [0.15, 0.2) is 0 Å². The highest BCUT2D eigenvalue weighted by molar-refractivity contribution is 9.10. The van der Waals surface area contributed by atoms with E-state index in [1.165, 1.54) is 4.90 Å². The monoisotopic (exact) mass is 294 g/mol. The van der Waals surface area contributed by atoms with Crippen molar-refractivity contribution in [3.8, 4) is 0 Å². The fraction of sp³-hybridized carbons (Fsp3) is 0.500. The lowest BCUT2D eigenvalue weighted by atomic mass is 10.2. The third kappa shape index (κ3) is 4.96. The zero-order chi connectivity index (χ0) is 12.0. The molecule has 0 atom stereocenters. The van der Waals surface area contributed by atoms with Gasteiger partial charge in [0.05, 0.1) is 13.2 Å². The van der Waals surface area contributed by atoms with E-state index >= 15 is 0 Å². The number of aliphatic hydroxyl groups is 1. The molecule has 90 valence electrons. The fourth-order valence-electron chi connectivity index (χ4n) is 1.37. The summed E-state index contributed by atoms with van der Waals surface area (Å²) >= 11 is 3.26. The van der Waals surface area contributed by atoms with Gasteiger partial charge in [0.1, 0.15) is 0 Å². The number of alkyl halides is 2. The summed E-state index contributed by atoms with van der Waals surface area (Å²) in [5.41, 5.74) is 0.837. The molecule has 0 spiro atoms. The molecule has 1 N–H and O–H groups in total. The summed E-state index contributed by atoms with van der Waals surface area (Å²) in [6.07, 6.45) is 0.861. The molecule has 0 aliphatic rings. The van der Waals surface area contributed by atoms with E-state index in [0.29, 0.717) is 6.54 Å². The molecule has 1 heterocycles. The maximum Gasteiger partial charge on any atom is 0.251 e. The molecule has 1 aromatic heterocycles. The first-order chi connectivity index (χ1) is 7.61. The van der Waals surface area contributed by atoms with Gasteiger partial charge >= 0.3 is 0 Å². The molecule has 0 saturated heterocycles. The van der Waals surface area contributed by atoms with Crippen LogP contribution < -0.4 is 0 Å². The van der Waals surface area contributed by atoms with Crippen molar-refractivity contribution in [2.75, 3.05) is 19.7 Å². The molecule has 0 aromatic carbocycles. The SMILES string of the molecule is OCCN(Cc1cncc(Br)c1)CC(F)F. The lowest BCUT2D eigenvalue weighted by molar-refractivity contribution is 0.0746. The van der Waals surface area contributed by atoms with E-state index < -0.39 is 6.43 Å². The zero-order valence-corrected chi connectivity index (χ0v) is 10.2. The lowest BCUT2D eigenvalue weighted by Crippen LogP contribution is -2.31. The zero-order valence-electron chi connectivity index (χ0n) is 8.61. The van der Waals surface area contributed by atoms with Crippen LogP contribution in [0.5, 0.6) is 0 Å². The molecule has 1 rings (SSSR count). The van der Waals surface area contributed by atoms with Crippen LogP contribution in [0.15, 0.2) is 22.9 Å². The van der Waals surface area contributed by atoms with Gasteiger partial charge in [-0.3, -0.25) is 9.88 Å². The quantitative estimate of drug-likeness (QED) is 0.871. The van der Waals surface area contributed by atoms with Crippen LogP contribution in [0.2, 0.25) is 0 Å². The van der Waals surface area contributed by atoms with Crippen LogP contribution >= 0.6 is 15.9 Å². The summed E-state index contributed by atoms with van der Waals surface area (Å²) in [5.74, 6) is 0. The molecule has 0 fully saturated rings. The predicted molar refractivity (Wildman–Crippen MR) is 60.3 cm³/mol. The Morgan fingerprint density at radius 3 is 2.75 bits per heavy atom. The first-order valence-corrected chi connectivity index (χ1v) is 5.62. The Labute approximate surface area is 101 Å². The highest BCUT2D eigenvalue weighted by atomic mass is 79.9. The van der Waals surface area contributed by atoms with E-state index in [1.807, 2.05) is 6.07 Å². The maximum atomic E-state index is 12.2. The molecule has 0 aliphatic carbocycles. The van der Waals surface area contributed by atoms with Crippen molar-refractivity contribution in [3.05, 3.63) is 28.5 Å². The van der Waals surface area contributed by atoms with Crippen molar-refractivity contribution >= 4 is 15.9 Å². The Bertz CT molecular complexity index is 325. The van der Waals surface area contributed by atoms with Crippen molar-refractivity contribution < 1.29 is 13.9 Å². The summed E-state index contributed by atoms with van der Waals surface area (Å²) in [7, 11) is 0. The number of hydrogen-bond acceptors (Lipinski definition) is 3. The Balaban J connectivity index is 2.60. The summed E-state index contributed by atoms with van der Waals surface area (Å²) in [6.45, 7) is 0.120. The van der Waals surface area contributed by atoms with Gasteiger partial charge < -0.3 is 5.11 Å². The van der Waals surface area contributed by atoms with Crippen LogP contribution in [0.4, 0.5) is 8.78 Å². The van der Waals surface area contributed by atoms with Crippen LogP contribution in [0.1, 0.15) is 5.56 Å². The van der Waals surface area contributed by atoms with Crippen LogP contribution in [-0.4, -0.2) is 41.1 Å². The van der Waals surface area contributed by atoms with Gasteiger partial charge in [0.25, 0.3) is 6.43 Å². The van der Waals surface area contributed by atoms with Crippen LogP contribution in [0.3, 0.4) is 0 Å². The molecule has 0 radical (unpaired) electrons. The molecule has 3 nitrogen and oxygen atoms in total. The number of aromatic nitrogens is 1. The Hall–Kier alpha value is -0.590. The predicted octanol–water partition coefficient (Wildman–Crippen LogP) is 1.90. The molecule has 1 aromatic rings. The number of halogens is 3. The summed E-state index contributed by atoms with van der Waals surface area (Å²) < 4.78 is 25.3. The van der Waals surface area contributed by atoms with Crippen molar-refractivity contribution in [2.45, 2.75) is 13.0 Å². The number of aliphatic hydroxyl groups excluding tert-OH is 1. The maximum absolute atomic E-state index is 12.2. The average Bonchev–Trinajstić information content (AvgIpc) is 2.16. The Morgan fingerprint density at radius 1 is 1.44 bits per heavy atom. The number of rotatable bonds is 6. The molecule has 0 bridgehead atoms. The second kappa shape index (κ2) is 6.88. The number of nitrogens with zero attached hydrogens (tertiary/aromatic N) is 2. The molecular formula is C10H13BrF2N2O. The first kappa shape index (κ1) is 13.5. The van der Waals surface area contributed by atoms with Crippen molar-refractivity contribution in [1.82, 2.24) is 9.88 Å². The molecule has 0 saturated carbocycles. The van der Waals surface area contributed by atoms with Crippen LogP contribution in [-0.2, 0) is 6.54 Å². The summed E-state index contributed by atoms with van der Waals surface area (Å²) in [6, 6.07) is 1.82. The van der Waals surface area contributed by atoms with Gasteiger partial charge in [-0.25, -0.2) is 8.78 Å². The number of hydrogen-bond donors (Lipinski definition) is 1.